The Morgan fingerprint density at radius 2 is 2.25 bits per heavy atom. The van der Waals surface area contributed by atoms with Gasteiger partial charge in [-0.1, -0.05) is 6.07 Å². The molecule has 1 aliphatic heterocycles. The van der Waals surface area contributed by atoms with Gasteiger partial charge in [-0.25, -0.2) is 4.98 Å². The number of nitrogens with one attached hydrogen (secondary N) is 1. The summed E-state index contributed by atoms with van der Waals surface area (Å²) in [5.74, 6) is 0.854. The lowest BCUT2D eigenvalue weighted by molar-refractivity contribution is -0.117. The van der Waals surface area contributed by atoms with E-state index < -0.39 is 0 Å². The third-order valence-electron chi connectivity index (χ3n) is 3.51. The number of anilines is 1. The van der Waals surface area contributed by atoms with Crippen LogP contribution in [0.4, 0.5) is 5.69 Å². The standard InChI is InChI=1S/C15H15N3O2/c1-9(19)5-14-16-8-12(17-14)10-3-4-13-11(6-10)7-15(20)18(13)2/h3-4,6,8H,5,7H2,1-2H3,(H,16,17). The van der Waals surface area contributed by atoms with E-state index in [-0.39, 0.29) is 11.7 Å². The van der Waals surface area contributed by atoms with Crippen molar-refractivity contribution in [1.29, 1.82) is 0 Å². The molecular weight excluding hydrogens is 254 g/mol. The number of nitrogens with zero attached hydrogens (tertiary/aromatic N) is 2. The van der Waals surface area contributed by atoms with Crippen molar-refractivity contribution in [1.82, 2.24) is 9.97 Å². The molecule has 0 radical (unpaired) electrons. The fourth-order valence-corrected chi connectivity index (χ4v) is 2.47. The van der Waals surface area contributed by atoms with Crippen LogP contribution < -0.4 is 4.90 Å². The van der Waals surface area contributed by atoms with Crippen molar-refractivity contribution in [3.8, 4) is 11.3 Å². The lowest BCUT2D eigenvalue weighted by Gasteiger charge is -2.10. The van der Waals surface area contributed by atoms with Crippen LogP contribution in [-0.2, 0) is 22.4 Å². The van der Waals surface area contributed by atoms with Gasteiger partial charge in [0.05, 0.1) is 24.7 Å². The number of aromatic nitrogens is 2. The number of amides is 1. The van der Waals surface area contributed by atoms with Crippen LogP contribution in [0.3, 0.4) is 0 Å². The molecule has 3 rings (SSSR count). The summed E-state index contributed by atoms with van der Waals surface area (Å²) in [4.78, 5) is 31.8. The molecule has 2 heterocycles. The van der Waals surface area contributed by atoms with Gasteiger partial charge in [-0.3, -0.25) is 9.59 Å². The molecule has 0 aliphatic carbocycles. The van der Waals surface area contributed by atoms with Crippen LogP contribution in [0.5, 0.6) is 0 Å². The zero-order valence-electron chi connectivity index (χ0n) is 11.4. The summed E-state index contributed by atoms with van der Waals surface area (Å²) in [6, 6.07) is 5.90. The van der Waals surface area contributed by atoms with Gasteiger partial charge >= 0.3 is 0 Å². The molecular formula is C15H15N3O2. The van der Waals surface area contributed by atoms with Crippen LogP contribution in [0.25, 0.3) is 11.3 Å². The molecule has 0 atom stereocenters. The monoisotopic (exact) mass is 269 g/mol. The Bertz CT molecular complexity index is 703. The Balaban J connectivity index is 1.92. The summed E-state index contributed by atoms with van der Waals surface area (Å²) >= 11 is 0. The SMILES string of the molecule is CC(=O)Cc1ncc(-c2ccc3c(c2)CC(=O)N3C)[nH]1. The highest BCUT2D eigenvalue weighted by Gasteiger charge is 2.24. The number of H-pyrrole nitrogens is 1. The average molecular weight is 269 g/mol. The van der Waals surface area contributed by atoms with Gasteiger partial charge in [-0.2, -0.15) is 0 Å². The molecule has 0 bridgehead atoms. The fourth-order valence-electron chi connectivity index (χ4n) is 2.47. The number of likely N-dealkylation sites (N-methyl/N-ethyl adjacent to an activating group) is 1. The summed E-state index contributed by atoms with van der Waals surface area (Å²) < 4.78 is 0. The first-order valence-corrected chi connectivity index (χ1v) is 6.48. The number of Topliss-reactive ketones (excluding diaryl/α,β-unsaturated/α-hetero) is 1. The molecule has 5 heteroatoms. The largest absolute Gasteiger partial charge is 0.342 e. The quantitative estimate of drug-likeness (QED) is 0.922. The molecule has 0 fully saturated rings. The summed E-state index contributed by atoms with van der Waals surface area (Å²) in [5.41, 5.74) is 3.83. The number of fused-ring (bicyclic) bond motifs is 1. The molecule has 2 aromatic rings. The van der Waals surface area contributed by atoms with E-state index in [1.165, 1.54) is 0 Å². The van der Waals surface area contributed by atoms with Gasteiger partial charge < -0.3 is 9.88 Å². The van der Waals surface area contributed by atoms with Gasteiger partial charge in [0.15, 0.2) is 0 Å². The number of imidazole rings is 1. The number of hydrogen-bond donors (Lipinski definition) is 1. The Hall–Kier alpha value is -2.43. The van der Waals surface area contributed by atoms with E-state index in [0.29, 0.717) is 18.7 Å². The molecule has 1 aromatic carbocycles. The van der Waals surface area contributed by atoms with E-state index in [1.807, 2.05) is 18.2 Å². The molecule has 20 heavy (non-hydrogen) atoms. The summed E-state index contributed by atoms with van der Waals surface area (Å²) in [6.45, 7) is 1.54. The van der Waals surface area contributed by atoms with Crippen molar-refractivity contribution in [3.63, 3.8) is 0 Å². The highest BCUT2D eigenvalue weighted by atomic mass is 16.2. The molecule has 1 N–H and O–H groups in total. The van der Waals surface area contributed by atoms with E-state index >= 15 is 0 Å². The molecule has 1 aromatic heterocycles. The third-order valence-corrected chi connectivity index (χ3v) is 3.51. The van der Waals surface area contributed by atoms with E-state index in [4.69, 9.17) is 0 Å². The lowest BCUT2D eigenvalue weighted by atomic mass is 10.1. The van der Waals surface area contributed by atoms with Crippen molar-refractivity contribution in [2.24, 2.45) is 0 Å². The van der Waals surface area contributed by atoms with Gasteiger partial charge in [-0.05, 0) is 30.2 Å². The molecule has 1 amide bonds. The zero-order chi connectivity index (χ0) is 14.3. The minimum Gasteiger partial charge on any atom is -0.342 e. The second-order valence-corrected chi connectivity index (χ2v) is 5.10. The highest BCUT2D eigenvalue weighted by Crippen LogP contribution is 2.31. The maximum Gasteiger partial charge on any atom is 0.231 e. The second kappa shape index (κ2) is 4.59. The number of benzene rings is 1. The molecule has 5 nitrogen and oxygen atoms in total. The van der Waals surface area contributed by atoms with Gasteiger partial charge in [-0.15, -0.1) is 0 Å². The number of rotatable bonds is 3. The van der Waals surface area contributed by atoms with Crippen LogP contribution in [0, 0.1) is 0 Å². The summed E-state index contributed by atoms with van der Waals surface area (Å²) in [7, 11) is 1.79. The maximum atomic E-state index is 11.7. The average Bonchev–Trinajstić information content (AvgIpc) is 2.95. The highest BCUT2D eigenvalue weighted by molar-refractivity contribution is 6.01. The van der Waals surface area contributed by atoms with Crippen molar-refractivity contribution < 1.29 is 9.59 Å². The van der Waals surface area contributed by atoms with Crippen LogP contribution in [0.15, 0.2) is 24.4 Å². The predicted octanol–water partition coefficient (Wildman–Crippen LogP) is 1.73. The Morgan fingerprint density at radius 3 is 3.00 bits per heavy atom. The topological polar surface area (TPSA) is 66.1 Å². The van der Waals surface area contributed by atoms with E-state index in [9.17, 15) is 9.59 Å². The van der Waals surface area contributed by atoms with Crippen molar-refractivity contribution in [3.05, 3.63) is 35.8 Å². The Kier molecular flexibility index (Phi) is 2.89. The zero-order valence-corrected chi connectivity index (χ0v) is 11.4. The Morgan fingerprint density at radius 1 is 1.45 bits per heavy atom. The van der Waals surface area contributed by atoms with Gasteiger partial charge in [0.25, 0.3) is 0 Å². The third kappa shape index (κ3) is 2.11. The number of carbonyl (C=O) groups excluding carboxylic acids is 2. The molecule has 0 saturated carbocycles. The first-order valence-electron chi connectivity index (χ1n) is 6.48. The molecule has 102 valence electrons. The second-order valence-electron chi connectivity index (χ2n) is 5.10. The van der Waals surface area contributed by atoms with Gasteiger partial charge in [0.1, 0.15) is 11.6 Å². The van der Waals surface area contributed by atoms with Crippen LogP contribution >= 0.6 is 0 Å². The number of carbonyl (C=O) groups is 2. The van der Waals surface area contributed by atoms with Crippen LogP contribution in [0.2, 0.25) is 0 Å². The smallest absolute Gasteiger partial charge is 0.231 e. The maximum absolute atomic E-state index is 11.7. The van der Waals surface area contributed by atoms with Crippen molar-refractivity contribution in [2.75, 3.05) is 11.9 Å². The van der Waals surface area contributed by atoms with Crippen LogP contribution in [-0.4, -0.2) is 28.7 Å². The van der Waals surface area contributed by atoms with Crippen molar-refractivity contribution >= 4 is 17.4 Å². The minimum atomic E-state index is 0.0760. The number of aromatic amines is 1. The normalized spacial score (nSPS) is 13.7. The first-order chi connectivity index (χ1) is 9.54. The van der Waals surface area contributed by atoms with Gasteiger partial charge in [0, 0.05) is 12.7 Å². The molecule has 0 spiro atoms. The number of hydrogen-bond acceptors (Lipinski definition) is 3. The minimum absolute atomic E-state index is 0.0760. The van der Waals surface area contributed by atoms with Gasteiger partial charge in [0.2, 0.25) is 5.91 Å². The van der Waals surface area contributed by atoms with Crippen molar-refractivity contribution in [2.45, 2.75) is 19.8 Å². The lowest BCUT2D eigenvalue weighted by Crippen LogP contribution is -2.20. The summed E-state index contributed by atoms with van der Waals surface area (Å²) in [6.07, 6.45) is 2.47. The molecule has 0 saturated heterocycles. The van der Waals surface area contributed by atoms with Crippen LogP contribution in [0.1, 0.15) is 18.3 Å². The molecule has 0 unspecified atom stereocenters. The fraction of sp³-hybridized carbons (Fsp3) is 0.267. The number of ketones is 1. The van der Waals surface area contributed by atoms with E-state index in [1.54, 1.807) is 25.1 Å². The van der Waals surface area contributed by atoms with E-state index in [2.05, 4.69) is 9.97 Å². The molecule has 1 aliphatic rings. The predicted molar refractivity (Wildman–Crippen MR) is 75.5 cm³/mol. The summed E-state index contributed by atoms with van der Waals surface area (Å²) in [5, 5.41) is 0. The van der Waals surface area contributed by atoms with E-state index in [0.717, 1.165) is 22.5 Å². The first kappa shape index (κ1) is 12.6. The Labute approximate surface area is 116 Å².